The molecule has 1 heterocycles. The van der Waals surface area contributed by atoms with Crippen LogP contribution in [-0.2, 0) is 6.54 Å². The van der Waals surface area contributed by atoms with Crippen LogP contribution < -0.4 is 5.73 Å². The Morgan fingerprint density at radius 3 is 2.60 bits per heavy atom. The van der Waals surface area contributed by atoms with Gasteiger partial charge in [-0.2, -0.15) is 0 Å². The zero-order valence-corrected chi connectivity index (χ0v) is 9.28. The first-order valence-electron chi connectivity index (χ1n) is 4.32. The van der Waals surface area contributed by atoms with Crippen molar-refractivity contribution < 1.29 is 4.39 Å². The van der Waals surface area contributed by atoms with Crippen molar-refractivity contribution in [1.82, 2.24) is 4.98 Å². The molecular weight excluding hydrogens is 235 g/mol. The monoisotopic (exact) mass is 242 g/mol. The maximum atomic E-state index is 12.7. The van der Waals surface area contributed by atoms with E-state index in [0.717, 1.165) is 16.1 Å². The van der Waals surface area contributed by atoms with E-state index < -0.39 is 0 Å². The molecule has 0 fully saturated rings. The second-order valence-electron chi connectivity index (χ2n) is 2.95. The Balaban J connectivity index is 2.48. The summed E-state index contributed by atoms with van der Waals surface area (Å²) in [6.45, 7) is 0.329. The predicted molar refractivity (Wildman–Crippen MR) is 60.4 cm³/mol. The van der Waals surface area contributed by atoms with Gasteiger partial charge in [-0.05, 0) is 17.7 Å². The molecule has 0 radical (unpaired) electrons. The molecule has 1 aromatic heterocycles. The number of hydrogen-bond acceptors (Lipinski definition) is 3. The van der Waals surface area contributed by atoms with Gasteiger partial charge in [0, 0.05) is 6.54 Å². The Hall–Kier alpha value is -0.970. The summed E-state index contributed by atoms with van der Waals surface area (Å²) in [6.07, 6.45) is 0. The maximum absolute atomic E-state index is 12.7. The van der Waals surface area contributed by atoms with Crippen molar-refractivity contribution in [3.05, 3.63) is 40.2 Å². The summed E-state index contributed by atoms with van der Waals surface area (Å²) in [5, 5.41) is 0. The quantitative estimate of drug-likeness (QED) is 0.879. The molecule has 1 aromatic carbocycles. The number of benzene rings is 1. The van der Waals surface area contributed by atoms with Gasteiger partial charge in [0.1, 0.15) is 5.82 Å². The maximum Gasteiger partial charge on any atom is 0.184 e. The van der Waals surface area contributed by atoms with Crippen LogP contribution in [0.3, 0.4) is 0 Å². The van der Waals surface area contributed by atoms with E-state index in [0.29, 0.717) is 11.0 Å². The van der Waals surface area contributed by atoms with E-state index in [1.165, 1.54) is 23.5 Å². The lowest BCUT2D eigenvalue weighted by molar-refractivity contribution is 0.628. The number of aromatic nitrogens is 1. The SMILES string of the molecule is NCc1nc(Cl)sc1-c1ccc(F)cc1. The van der Waals surface area contributed by atoms with Crippen LogP contribution in [0.25, 0.3) is 10.4 Å². The van der Waals surface area contributed by atoms with Crippen molar-refractivity contribution in [3.8, 4) is 10.4 Å². The van der Waals surface area contributed by atoms with Gasteiger partial charge in [-0.1, -0.05) is 23.7 Å². The first-order chi connectivity index (χ1) is 7.20. The highest BCUT2D eigenvalue weighted by Gasteiger charge is 2.10. The van der Waals surface area contributed by atoms with Crippen LogP contribution in [0.2, 0.25) is 4.47 Å². The molecule has 0 saturated carbocycles. The lowest BCUT2D eigenvalue weighted by Gasteiger charge is -1.99. The standard InChI is InChI=1S/C10H8ClFN2S/c11-10-14-8(5-13)9(15-10)6-1-3-7(12)4-2-6/h1-4H,5,13H2. The van der Waals surface area contributed by atoms with E-state index in [4.69, 9.17) is 17.3 Å². The molecule has 0 spiro atoms. The fourth-order valence-electron chi connectivity index (χ4n) is 1.29. The fraction of sp³-hybridized carbons (Fsp3) is 0.100. The van der Waals surface area contributed by atoms with Gasteiger partial charge in [-0.15, -0.1) is 11.3 Å². The third-order valence-corrected chi connectivity index (χ3v) is 3.22. The van der Waals surface area contributed by atoms with Gasteiger partial charge < -0.3 is 5.73 Å². The second kappa shape index (κ2) is 4.26. The van der Waals surface area contributed by atoms with E-state index in [1.807, 2.05) is 0 Å². The minimum absolute atomic E-state index is 0.260. The van der Waals surface area contributed by atoms with Crippen LogP contribution in [0, 0.1) is 5.82 Å². The van der Waals surface area contributed by atoms with Crippen LogP contribution in [0.15, 0.2) is 24.3 Å². The molecule has 0 saturated heterocycles. The second-order valence-corrected chi connectivity index (χ2v) is 4.53. The summed E-state index contributed by atoms with van der Waals surface area (Å²) in [4.78, 5) is 5.00. The molecule has 0 amide bonds. The van der Waals surface area contributed by atoms with E-state index in [-0.39, 0.29) is 5.82 Å². The third-order valence-electron chi connectivity index (χ3n) is 1.97. The van der Waals surface area contributed by atoms with Gasteiger partial charge in [0.05, 0.1) is 10.6 Å². The van der Waals surface area contributed by atoms with Crippen LogP contribution in [0.5, 0.6) is 0 Å². The molecule has 2 nitrogen and oxygen atoms in total. The molecule has 2 aromatic rings. The fourth-order valence-corrected chi connectivity index (χ4v) is 2.45. The summed E-state index contributed by atoms with van der Waals surface area (Å²) in [5.74, 6) is -0.260. The first kappa shape index (κ1) is 10.5. The zero-order chi connectivity index (χ0) is 10.8. The number of rotatable bonds is 2. The van der Waals surface area contributed by atoms with E-state index in [9.17, 15) is 4.39 Å². The summed E-state index contributed by atoms with van der Waals surface area (Å²) >= 11 is 7.15. The van der Waals surface area contributed by atoms with Gasteiger partial charge >= 0.3 is 0 Å². The molecule has 78 valence electrons. The Morgan fingerprint density at radius 1 is 1.33 bits per heavy atom. The Morgan fingerprint density at radius 2 is 2.00 bits per heavy atom. The summed E-state index contributed by atoms with van der Waals surface area (Å²) < 4.78 is 13.2. The van der Waals surface area contributed by atoms with Crippen LogP contribution in [0.1, 0.15) is 5.69 Å². The highest BCUT2D eigenvalue weighted by atomic mass is 35.5. The van der Waals surface area contributed by atoms with Crippen molar-refractivity contribution in [2.75, 3.05) is 0 Å². The Kier molecular flexibility index (Phi) is 3.00. The smallest absolute Gasteiger partial charge is 0.184 e. The topological polar surface area (TPSA) is 38.9 Å². The number of hydrogen-bond donors (Lipinski definition) is 1. The van der Waals surface area contributed by atoms with E-state index in [1.54, 1.807) is 12.1 Å². The van der Waals surface area contributed by atoms with Gasteiger partial charge in [-0.25, -0.2) is 9.37 Å². The molecule has 5 heteroatoms. The lowest BCUT2D eigenvalue weighted by Crippen LogP contribution is -1.97. The molecule has 0 aliphatic heterocycles. The molecule has 2 rings (SSSR count). The van der Waals surface area contributed by atoms with Crippen LogP contribution in [-0.4, -0.2) is 4.98 Å². The Labute approximate surface area is 95.5 Å². The average Bonchev–Trinajstić information content (AvgIpc) is 2.61. The summed E-state index contributed by atoms with van der Waals surface area (Å²) in [5.41, 5.74) is 7.18. The average molecular weight is 243 g/mol. The highest BCUT2D eigenvalue weighted by Crippen LogP contribution is 2.32. The lowest BCUT2D eigenvalue weighted by atomic mass is 10.1. The summed E-state index contributed by atoms with van der Waals surface area (Å²) in [7, 11) is 0. The van der Waals surface area contributed by atoms with Crippen molar-refractivity contribution in [2.24, 2.45) is 5.73 Å². The van der Waals surface area contributed by atoms with Crippen molar-refractivity contribution >= 4 is 22.9 Å². The molecule has 0 aliphatic carbocycles. The normalized spacial score (nSPS) is 10.6. The number of nitrogens with zero attached hydrogens (tertiary/aromatic N) is 1. The molecule has 15 heavy (non-hydrogen) atoms. The van der Waals surface area contributed by atoms with Gasteiger partial charge in [0.2, 0.25) is 0 Å². The van der Waals surface area contributed by atoms with E-state index >= 15 is 0 Å². The molecule has 0 unspecified atom stereocenters. The molecule has 0 aliphatic rings. The first-order valence-corrected chi connectivity index (χ1v) is 5.51. The number of thiazole rings is 1. The third kappa shape index (κ3) is 2.17. The number of nitrogens with two attached hydrogens (primary N) is 1. The van der Waals surface area contributed by atoms with Crippen molar-refractivity contribution in [2.45, 2.75) is 6.54 Å². The van der Waals surface area contributed by atoms with Gasteiger partial charge in [0.15, 0.2) is 4.47 Å². The van der Waals surface area contributed by atoms with Crippen LogP contribution >= 0.6 is 22.9 Å². The van der Waals surface area contributed by atoms with Crippen LogP contribution in [0.4, 0.5) is 4.39 Å². The zero-order valence-electron chi connectivity index (χ0n) is 7.71. The Bertz CT molecular complexity index is 467. The minimum atomic E-state index is -0.260. The largest absolute Gasteiger partial charge is 0.325 e. The number of halogens is 2. The van der Waals surface area contributed by atoms with Gasteiger partial charge in [0.25, 0.3) is 0 Å². The highest BCUT2D eigenvalue weighted by molar-refractivity contribution is 7.19. The minimum Gasteiger partial charge on any atom is -0.325 e. The van der Waals surface area contributed by atoms with Crippen molar-refractivity contribution in [3.63, 3.8) is 0 Å². The predicted octanol–water partition coefficient (Wildman–Crippen LogP) is 3.06. The molecular formula is C10H8ClFN2S. The van der Waals surface area contributed by atoms with Gasteiger partial charge in [-0.3, -0.25) is 0 Å². The van der Waals surface area contributed by atoms with E-state index in [2.05, 4.69) is 4.98 Å². The summed E-state index contributed by atoms with van der Waals surface area (Å²) in [6, 6.07) is 6.20. The molecule has 0 atom stereocenters. The van der Waals surface area contributed by atoms with Crippen molar-refractivity contribution in [1.29, 1.82) is 0 Å². The molecule has 2 N–H and O–H groups in total. The molecule has 0 bridgehead atoms.